The van der Waals surface area contributed by atoms with Gasteiger partial charge in [-0.05, 0) is 30.0 Å². The number of urea groups is 1. The van der Waals surface area contributed by atoms with Crippen LogP contribution in [-0.4, -0.2) is 43.1 Å². The van der Waals surface area contributed by atoms with Crippen molar-refractivity contribution in [1.29, 1.82) is 0 Å². The number of nitrogens with zero attached hydrogens (tertiary/aromatic N) is 1. The minimum Gasteiger partial charge on any atom is -0.370 e. The summed E-state index contributed by atoms with van der Waals surface area (Å²) in [5.41, 5.74) is 7.27. The lowest BCUT2D eigenvalue weighted by Crippen LogP contribution is -2.50. The van der Waals surface area contributed by atoms with Crippen molar-refractivity contribution in [3.63, 3.8) is 0 Å². The molecule has 1 spiro atoms. The molecule has 0 aliphatic carbocycles. The van der Waals surface area contributed by atoms with E-state index >= 15 is 0 Å². The van der Waals surface area contributed by atoms with Crippen LogP contribution >= 0.6 is 11.3 Å². The number of hydrogen-bond acceptors (Lipinski definition) is 4. The molecule has 3 N–H and O–H groups in total. The van der Waals surface area contributed by atoms with E-state index in [9.17, 15) is 9.59 Å². The van der Waals surface area contributed by atoms with Crippen LogP contribution in [0.1, 0.15) is 23.3 Å². The summed E-state index contributed by atoms with van der Waals surface area (Å²) in [7, 11) is 0. The van der Waals surface area contributed by atoms with Gasteiger partial charge in [-0.1, -0.05) is 30.3 Å². The van der Waals surface area contributed by atoms with Gasteiger partial charge in [0.15, 0.2) is 0 Å². The highest BCUT2D eigenvalue weighted by Gasteiger charge is 2.42. The van der Waals surface area contributed by atoms with Gasteiger partial charge in [0.05, 0.1) is 18.8 Å². The summed E-state index contributed by atoms with van der Waals surface area (Å²) in [6.45, 7) is 1.91. The van der Waals surface area contributed by atoms with Crippen molar-refractivity contribution in [2.45, 2.75) is 24.9 Å². The Labute approximate surface area is 162 Å². The van der Waals surface area contributed by atoms with Gasteiger partial charge in [0, 0.05) is 29.3 Å². The van der Waals surface area contributed by atoms with Gasteiger partial charge in [-0.2, -0.15) is 0 Å². The molecular weight excluding hydrogens is 362 g/mol. The molecule has 2 aliphatic heterocycles. The molecule has 1 aromatic heterocycles. The molecule has 0 atom stereocenters. The lowest BCUT2D eigenvalue weighted by atomic mass is 9.82. The number of thiophene rings is 1. The van der Waals surface area contributed by atoms with E-state index in [1.165, 1.54) is 20.9 Å². The number of carbonyl (C=O) groups is 2. The van der Waals surface area contributed by atoms with Gasteiger partial charge < -0.3 is 20.7 Å². The number of fused-ring (bicyclic) bond motifs is 2. The Hall–Kier alpha value is -2.38. The standard InChI is InChI=1S/C20H23N3O3S/c21-19(25)22-13-18(24)23-9-7-20(8-10-23)15-12-17(14-4-2-1-3-5-14)27-16(15)6-11-26-20/h1-5,12H,6-11,13H2,(H3,21,22,25). The molecule has 1 aromatic carbocycles. The number of carbonyl (C=O) groups excluding carboxylic acids is 2. The van der Waals surface area contributed by atoms with Gasteiger partial charge >= 0.3 is 6.03 Å². The van der Waals surface area contributed by atoms with Crippen LogP contribution < -0.4 is 11.1 Å². The van der Waals surface area contributed by atoms with Crippen LogP contribution in [0.4, 0.5) is 4.79 Å². The molecule has 1 saturated heterocycles. The van der Waals surface area contributed by atoms with E-state index in [-0.39, 0.29) is 18.1 Å². The molecule has 4 rings (SSSR count). The van der Waals surface area contributed by atoms with Crippen LogP contribution in [-0.2, 0) is 21.6 Å². The summed E-state index contributed by atoms with van der Waals surface area (Å²) >= 11 is 1.85. The SMILES string of the molecule is NC(=O)NCC(=O)N1CCC2(CC1)OCCc1sc(-c3ccccc3)cc12. The molecule has 6 nitrogen and oxygen atoms in total. The fourth-order valence-corrected chi connectivity index (χ4v) is 5.20. The second kappa shape index (κ2) is 7.32. The monoisotopic (exact) mass is 385 g/mol. The maximum absolute atomic E-state index is 12.2. The van der Waals surface area contributed by atoms with Gasteiger partial charge in [0.2, 0.25) is 5.91 Å². The van der Waals surface area contributed by atoms with E-state index < -0.39 is 6.03 Å². The summed E-state index contributed by atoms with van der Waals surface area (Å²) in [6.07, 6.45) is 2.49. The van der Waals surface area contributed by atoms with Crippen LogP contribution in [0.5, 0.6) is 0 Å². The Bertz CT molecular complexity index is 841. The highest BCUT2D eigenvalue weighted by Crippen LogP contribution is 2.46. The normalized spacial score (nSPS) is 18.1. The fraction of sp³-hybridized carbons (Fsp3) is 0.400. The Balaban J connectivity index is 1.51. The van der Waals surface area contributed by atoms with Crippen molar-refractivity contribution in [1.82, 2.24) is 10.2 Å². The zero-order chi connectivity index (χ0) is 18.9. The predicted octanol–water partition coefficient (Wildman–Crippen LogP) is 2.47. The third kappa shape index (κ3) is 3.57. The molecule has 7 heteroatoms. The predicted molar refractivity (Wildman–Crippen MR) is 104 cm³/mol. The molecule has 1 fully saturated rings. The van der Waals surface area contributed by atoms with E-state index in [0.717, 1.165) is 25.9 Å². The molecule has 3 amide bonds. The van der Waals surface area contributed by atoms with Crippen molar-refractivity contribution < 1.29 is 14.3 Å². The summed E-state index contributed by atoms with van der Waals surface area (Å²) in [4.78, 5) is 27.5. The van der Waals surface area contributed by atoms with Gasteiger partial charge in [-0.25, -0.2) is 4.79 Å². The molecule has 27 heavy (non-hydrogen) atoms. The van der Waals surface area contributed by atoms with Crippen LogP contribution in [0.25, 0.3) is 10.4 Å². The number of amides is 3. The Kier molecular flexibility index (Phi) is 4.88. The number of rotatable bonds is 3. The van der Waals surface area contributed by atoms with Gasteiger partial charge in [-0.3, -0.25) is 4.79 Å². The number of benzene rings is 1. The summed E-state index contributed by atoms with van der Waals surface area (Å²) < 4.78 is 6.29. The van der Waals surface area contributed by atoms with E-state index in [1.54, 1.807) is 4.90 Å². The second-order valence-electron chi connectivity index (χ2n) is 7.00. The lowest BCUT2D eigenvalue weighted by molar-refractivity contribution is -0.139. The Morgan fingerprint density at radius 3 is 2.67 bits per heavy atom. The molecule has 0 bridgehead atoms. The molecule has 2 aromatic rings. The highest BCUT2D eigenvalue weighted by molar-refractivity contribution is 7.15. The minimum absolute atomic E-state index is 0.0505. The minimum atomic E-state index is -0.677. The molecule has 0 radical (unpaired) electrons. The van der Waals surface area contributed by atoms with Crippen LogP contribution in [0.2, 0.25) is 0 Å². The van der Waals surface area contributed by atoms with E-state index in [0.29, 0.717) is 13.1 Å². The average molecular weight is 385 g/mol. The number of primary amides is 1. The van der Waals surface area contributed by atoms with Gasteiger partial charge in [0.25, 0.3) is 0 Å². The molecule has 0 unspecified atom stereocenters. The first-order valence-corrected chi connectivity index (χ1v) is 10.0. The number of ether oxygens (including phenoxy) is 1. The second-order valence-corrected chi connectivity index (χ2v) is 8.14. The maximum atomic E-state index is 12.2. The van der Waals surface area contributed by atoms with Crippen LogP contribution in [0.3, 0.4) is 0 Å². The Morgan fingerprint density at radius 2 is 1.96 bits per heavy atom. The lowest BCUT2D eigenvalue weighted by Gasteiger charge is -2.44. The summed E-state index contributed by atoms with van der Waals surface area (Å²) in [5, 5.41) is 2.37. The topological polar surface area (TPSA) is 84.7 Å². The Morgan fingerprint density at radius 1 is 1.22 bits per heavy atom. The average Bonchev–Trinajstić information content (AvgIpc) is 3.13. The van der Waals surface area contributed by atoms with Crippen molar-refractivity contribution >= 4 is 23.3 Å². The summed E-state index contributed by atoms with van der Waals surface area (Å²) in [6, 6.07) is 12.0. The van der Waals surface area contributed by atoms with Gasteiger partial charge in [-0.15, -0.1) is 11.3 Å². The molecular formula is C20H23N3O3S. The third-order valence-corrected chi connectivity index (χ3v) is 6.65. The largest absolute Gasteiger partial charge is 0.370 e. The highest BCUT2D eigenvalue weighted by atomic mass is 32.1. The van der Waals surface area contributed by atoms with E-state index in [2.05, 4.69) is 35.6 Å². The summed E-state index contributed by atoms with van der Waals surface area (Å²) in [5.74, 6) is -0.102. The first kappa shape index (κ1) is 18.0. The van der Waals surface area contributed by atoms with E-state index in [1.807, 2.05) is 17.4 Å². The van der Waals surface area contributed by atoms with Gasteiger partial charge in [0.1, 0.15) is 0 Å². The van der Waals surface area contributed by atoms with Crippen LogP contribution in [0, 0.1) is 0 Å². The van der Waals surface area contributed by atoms with Crippen molar-refractivity contribution in [3.05, 3.63) is 46.8 Å². The molecule has 0 saturated carbocycles. The number of nitrogens with one attached hydrogen (secondary N) is 1. The quantitative estimate of drug-likeness (QED) is 0.851. The molecule has 2 aliphatic rings. The third-order valence-electron chi connectivity index (χ3n) is 5.40. The first-order chi connectivity index (χ1) is 13.1. The van der Waals surface area contributed by atoms with Crippen molar-refractivity contribution in [2.24, 2.45) is 5.73 Å². The number of likely N-dealkylation sites (tertiary alicyclic amines) is 1. The maximum Gasteiger partial charge on any atom is 0.312 e. The fourth-order valence-electron chi connectivity index (χ4n) is 3.97. The zero-order valence-corrected chi connectivity index (χ0v) is 15.9. The molecule has 3 heterocycles. The van der Waals surface area contributed by atoms with Crippen LogP contribution in [0.15, 0.2) is 36.4 Å². The molecule has 142 valence electrons. The smallest absolute Gasteiger partial charge is 0.312 e. The number of nitrogens with two attached hydrogens (primary N) is 1. The zero-order valence-electron chi connectivity index (χ0n) is 15.1. The van der Waals surface area contributed by atoms with E-state index in [4.69, 9.17) is 10.5 Å². The van der Waals surface area contributed by atoms with Crippen molar-refractivity contribution in [2.75, 3.05) is 26.2 Å². The number of hydrogen-bond donors (Lipinski definition) is 2. The first-order valence-electron chi connectivity index (χ1n) is 9.21. The van der Waals surface area contributed by atoms with Crippen molar-refractivity contribution in [3.8, 4) is 10.4 Å². The number of piperidine rings is 1.